The second-order valence-electron chi connectivity index (χ2n) is 21.3. The van der Waals surface area contributed by atoms with Gasteiger partial charge in [0.1, 0.15) is 11.7 Å². The Morgan fingerprint density at radius 3 is 2.03 bits per heavy atom. The minimum absolute atomic E-state index is 0.0768. The Balaban J connectivity index is 2.09. The summed E-state index contributed by atoms with van der Waals surface area (Å²) in [5, 5.41) is 3.33. The van der Waals surface area contributed by atoms with E-state index >= 15 is 0 Å². The van der Waals surface area contributed by atoms with Crippen molar-refractivity contribution in [3.63, 3.8) is 0 Å². The number of esters is 1. The molecule has 12 nitrogen and oxygen atoms in total. The van der Waals surface area contributed by atoms with Crippen LogP contribution in [-0.2, 0) is 41.8 Å². The van der Waals surface area contributed by atoms with Crippen LogP contribution in [0.5, 0.6) is 0 Å². The van der Waals surface area contributed by atoms with Gasteiger partial charge in [-0.3, -0.25) is 4.79 Å². The fraction of sp³-hybridized carbons (Fsp3) is 0.855. The minimum atomic E-state index is -2.16. The Morgan fingerprint density at radius 2 is 1.49 bits per heavy atom. The number of ether oxygens (including phenoxy) is 5. The van der Waals surface area contributed by atoms with Gasteiger partial charge in [-0.2, -0.15) is 0 Å². The van der Waals surface area contributed by atoms with Gasteiger partial charge in [-0.1, -0.05) is 107 Å². The van der Waals surface area contributed by atoms with Gasteiger partial charge in [0.15, 0.2) is 37.3 Å². The van der Waals surface area contributed by atoms with Crippen LogP contribution in [-0.4, -0.2) is 129 Å². The summed E-state index contributed by atoms with van der Waals surface area (Å²) in [5.41, 5.74) is -0.678. The van der Waals surface area contributed by atoms with Crippen molar-refractivity contribution in [1.29, 1.82) is 0 Å². The molecule has 0 radical (unpaired) electrons. The molecule has 406 valence electrons. The summed E-state index contributed by atoms with van der Waals surface area (Å²) in [5.74, 6) is -0.291. The Morgan fingerprint density at radius 1 is 0.900 bits per heavy atom. The van der Waals surface area contributed by atoms with Crippen LogP contribution >= 0.6 is 0 Å². The van der Waals surface area contributed by atoms with Crippen LogP contribution in [0.3, 0.4) is 0 Å². The van der Waals surface area contributed by atoms with Gasteiger partial charge in [0.25, 0.3) is 0 Å². The maximum absolute atomic E-state index is 14.3. The van der Waals surface area contributed by atoms with Gasteiger partial charge in [0, 0.05) is 57.1 Å². The summed E-state index contributed by atoms with van der Waals surface area (Å²) in [4.78, 5) is 30.0. The molecule has 15 heteroatoms. The number of epoxide rings is 1. The maximum Gasteiger partial charge on any atom is 0.410 e. The van der Waals surface area contributed by atoms with Crippen molar-refractivity contribution in [2.45, 2.75) is 258 Å². The third-order valence-corrected chi connectivity index (χ3v) is 30.9. The number of allylic oxidation sites excluding steroid dienone is 2. The zero-order valence-electron chi connectivity index (χ0n) is 47.5. The van der Waals surface area contributed by atoms with E-state index in [1.54, 1.807) is 4.90 Å². The number of hydrogen-bond acceptors (Lipinski definition) is 11. The normalized spacial score (nSPS) is 28.3. The smallest absolute Gasteiger partial charge is 0.410 e. The van der Waals surface area contributed by atoms with E-state index in [0.29, 0.717) is 45.6 Å². The van der Waals surface area contributed by atoms with Crippen LogP contribution in [0.4, 0.5) is 4.79 Å². The largest absolute Gasteiger partial charge is 0.457 e. The van der Waals surface area contributed by atoms with Crippen molar-refractivity contribution in [2.24, 2.45) is 11.8 Å². The van der Waals surface area contributed by atoms with Crippen LogP contribution in [0.15, 0.2) is 36.0 Å². The lowest BCUT2D eigenvalue weighted by Gasteiger charge is -2.41. The van der Waals surface area contributed by atoms with Crippen LogP contribution in [0.25, 0.3) is 0 Å². The molecule has 0 saturated carbocycles. The maximum atomic E-state index is 14.3. The van der Waals surface area contributed by atoms with E-state index in [1.807, 2.05) is 39.8 Å². The molecule has 3 aliphatic heterocycles. The Labute approximate surface area is 430 Å². The van der Waals surface area contributed by atoms with E-state index in [9.17, 15) is 9.59 Å². The highest BCUT2D eigenvalue weighted by Gasteiger charge is 2.51. The topological polar surface area (TPSA) is 127 Å². The zero-order chi connectivity index (χ0) is 52.3. The van der Waals surface area contributed by atoms with Gasteiger partial charge < -0.3 is 47.2 Å². The fourth-order valence-electron chi connectivity index (χ4n) is 11.1. The molecule has 3 rings (SSSR count). The van der Waals surface area contributed by atoms with Gasteiger partial charge in [-0.15, -0.1) is 0 Å². The number of carbonyl (C=O) groups is 2. The van der Waals surface area contributed by atoms with Crippen molar-refractivity contribution < 1.29 is 46.6 Å². The van der Waals surface area contributed by atoms with Gasteiger partial charge in [0.05, 0.1) is 30.3 Å². The number of carbonyl (C=O) groups excluding carboxylic acids is 2. The van der Waals surface area contributed by atoms with Crippen molar-refractivity contribution in [3.05, 3.63) is 36.0 Å². The van der Waals surface area contributed by atoms with Gasteiger partial charge in [-0.25, -0.2) is 4.79 Å². The third kappa shape index (κ3) is 17.7. The third-order valence-electron chi connectivity index (χ3n) is 16.8. The number of cyclic esters (lactones) is 1. The predicted octanol–water partition coefficient (Wildman–Crippen LogP) is 13.1. The van der Waals surface area contributed by atoms with E-state index in [-0.39, 0.29) is 48.6 Å². The molecule has 3 heterocycles. The number of rotatable bonds is 28. The number of nitrogens with zero attached hydrogens (tertiary/aromatic N) is 1. The number of amides is 1. The summed E-state index contributed by atoms with van der Waals surface area (Å²) < 4.78 is 53.9. The lowest BCUT2D eigenvalue weighted by atomic mass is 9.88. The molecule has 11 atom stereocenters. The molecule has 1 amide bonds. The highest BCUT2D eigenvalue weighted by Crippen LogP contribution is 2.43. The molecule has 0 aliphatic carbocycles. The van der Waals surface area contributed by atoms with E-state index in [0.717, 1.165) is 72.8 Å². The van der Waals surface area contributed by atoms with E-state index in [1.165, 1.54) is 0 Å². The summed E-state index contributed by atoms with van der Waals surface area (Å²) in [6, 6.07) is 9.37. The fourth-order valence-corrected chi connectivity index (χ4v) is 20.1. The molecule has 0 aromatic heterocycles. The molecular weight excluding hydrogens is 933 g/mol. The van der Waals surface area contributed by atoms with Crippen LogP contribution in [0.2, 0.25) is 54.4 Å². The number of hydrogen-bond donors (Lipinski definition) is 1. The highest BCUT2D eigenvalue weighted by molar-refractivity contribution is 6.74. The lowest BCUT2D eigenvalue weighted by Crippen LogP contribution is -2.52. The van der Waals surface area contributed by atoms with Crippen LogP contribution in [0.1, 0.15) is 150 Å². The molecule has 0 spiro atoms. The molecule has 0 bridgehead atoms. The second-order valence-corrected chi connectivity index (χ2v) is 35.5. The average Bonchev–Trinajstić information content (AvgIpc) is 4.13. The summed E-state index contributed by atoms with van der Waals surface area (Å²) >= 11 is 0. The lowest BCUT2D eigenvalue weighted by molar-refractivity contribution is -0.222. The first-order valence-electron chi connectivity index (χ1n) is 28.1. The molecule has 0 aromatic rings. The zero-order valence-corrected chi connectivity index (χ0v) is 50.5. The minimum Gasteiger partial charge on any atom is -0.457 e. The highest BCUT2D eigenvalue weighted by atomic mass is 28.4. The number of nitrogens with one attached hydrogen (secondary N) is 1. The SMILES string of the molecule is CCOC(C)O[C@]1(C)CC[C@@H](O[Si](CC)(CC)CC)CC(=O)O[C@H](/C(C)=C/C=C/[C@@](C)(C[C@H]2O[C@@H]2[C@H](C)[C@H](CC)O[Si](CC)(CC)CC)O[Si](CC)(CC)CC)[C@@H](C)/C=C/[C@@H]1OC(=O)N1CCNCC1. The number of piperazine rings is 1. The average molecular weight is 1040 g/mol. The molecule has 0 aromatic carbocycles. The van der Waals surface area contributed by atoms with Gasteiger partial charge >= 0.3 is 12.1 Å². The second kappa shape index (κ2) is 29.4. The van der Waals surface area contributed by atoms with E-state index in [4.69, 9.17) is 37.0 Å². The first-order valence-corrected chi connectivity index (χ1v) is 35.7. The molecule has 1 N–H and O–H groups in total. The Hall–Kier alpha value is -1.67. The molecule has 3 aliphatic rings. The molecular formula is C55H104N2O10Si3. The standard InChI is InChI=1S/C55H104N2O10Si3/c1-18-47(66-69(23-6,24-7)25-8)44(14)52-48(61-52)41-54(16,67-70(26-9,27-10)28-11)34-29-30-42(12)51-43(13)31-32-49(62-53(59)57-38-36-56-37-39-57)55(17,64-45(15)60-19-2)35-33-46(40-50(58)63-51)65-68(20-3,21-4)22-5/h29-32,34,43-49,51-52,56H,18-28,33,35-41H2,1-17H3/b32-31+,34-29+,42-30+/t43-,44+,45?,46+,47-,48+,49-,51+,52+,54-,55+/m0/s1. The molecule has 2 fully saturated rings. The first kappa shape index (κ1) is 62.6. The van der Waals surface area contributed by atoms with Crippen molar-refractivity contribution in [2.75, 3.05) is 32.8 Å². The Bertz CT molecular complexity index is 1620. The first-order chi connectivity index (χ1) is 33.2. The summed E-state index contributed by atoms with van der Waals surface area (Å²) in [7, 11) is -6.01. The molecule has 2 saturated heterocycles. The van der Waals surface area contributed by atoms with Crippen molar-refractivity contribution >= 4 is 37.0 Å². The van der Waals surface area contributed by atoms with E-state index < -0.39 is 60.8 Å². The van der Waals surface area contributed by atoms with Crippen LogP contribution < -0.4 is 5.32 Å². The van der Waals surface area contributed by atoms with E-state index in [2.05, 4.69) is 114 Å². The summed E-state index contributed by atoms with van der Waals surface area (Å²) in [6.07, 6.45) is 10.9. The molecule has 70 heavy (non-hydrogen) atoms. The predicted molar refractivity (Wildman–Crippen MR) is 294 cm³/mol. The van der Waals surface area contributed by atoms with Gasteiger partial charge in [0.2, 0.25) is 0 Å². The van der Waals surface area contributed by atoms with Crippen molar-refractivity contribution in [3.8, 4) is 0 Å². The van der Waals surface area contributed by atoms with Crippen molar-refractivity contribution in [1.82, 2.24) is 10.2 Å². The van der Waals surface area contributed by atoms with Gasteiger partial charge in [-0.05, 0) is 120 Å². The monoisotopic (exact) mass is 1040 g/mol. The summed E-state index contributed by atoms with van der Waals surface area (Å²) in [6.45, 7) is 40.1. The van der Waals surface area contributed by atoms with Crippen LogP contribution in [0, 0.1) is 11.8 Å². The Kier molecular flexibility index (Phi) is 26.3. The molecule has 1 unspecified atom stereocenters. The quantitative estimate of drug-likeness (QED) is 0.0201.